The highest BCUT2D eigenvalue weighted by Crippen LogP contribution is 2.31. The van der Waals surface area contributed by atoms with Gasteiger partial charge in [0.2, 0.25) is 0 Å². The van der Waals surface area contributed by atoms with E-state index in [-0.39, 0.29) is 17.9 Å². The molecule has 2 heterocycles. The van der Waals surface area contributed by atoms with Gasteiger partial charge in [-0.2, -0.15) is 5.10 Å². The van der Waals surface area contributed by atoms with Crippen molar-refractivity contribution in [3.05, 3.63) is 94.4 Å². The van der Waals surface area contributed by atoms with Crippen molar-refractivity contribution in [3.8, 4) is 0 Å². The van der Waals surface area contributed by atoms with E-state index in [0.717, 1.165) is 72.5 Å². The van der Waals surface area contributed by atoms with E-state index in [0.29, 0.717) is 12.2 Å². The lowest BCUT2D eigenvalue weighted by Crippen LogP contribution is -2.44. The lowest BCUT2D eigenvalue weighted by Gasteiger charge is -2.34. The van der Waals surface area contributed by atoms with E-state index in [1.807, 2.05) is 79.5 Å². The second-order valence-electron chi connectivity index (χ2n) is 10.4. The number of nitrogens with zero attached hydrogens (tertiary/aromatic N) is 3. The smallest absolute Gasteiger partial charge is 0.289 e. The number of carbonyl (C=O) groups is 2. The summed E-state index contributed by atoms with van der Waals surface area (Å²) >= 11 is 0. The van der Waals surface area contributed by atoms with Crippen LogP contribution in [0.3, 0.4) is 0 Å². The van der Waals surface area contributed by atoms with Crippen LogP contribution in [0.15, 0.2) is 70.2 Å². The summed E-state index contributed by atoms with van der Waals surface area (Å²) in [5.74, 6) is 0.425. The average molecular weight is 513 g/mol. The lowest BCUT2D eigenvalue weighted by molar-refractivity contribution is -0.121. The maximum Gasteiger partial charge on any atom is 0.289 e. The molecule has 1 N–H and O–H groups in total. The molecule has 2 aromatic carbocycles. The van der Waals surface area contributed by atoms with Gasteiger partial charge in [0, 0.05) is 30.6 Å². The Labute approximate surface area is 224 Å². The van der Waals surface area contributed by atoms with Gasteiger partial charge in [0.05, 0.1) is 11.6 Å². The zero-order valence-electron chi connectivity index (χ0n) is 22.4. The molecule has 1 fully saturated rings. The number of hydrogen-bond acceptors (Lipinski definition) is 5. The van der Waals surface area contributed by atoms with Gasteiger partial charge in [-0.25, -0.2) is 5.43 Å². The van der Waals surface area contributed by atoms with Crippen LogP contribution >= 0.6 is 0 Å². The van der Waals surface area contributed by atoms with E-state index in [4.69, 9.17) is 4.42 Å². The molecule has 0 bridgehead atoms. The molecule has 1 aliphatic heterocycles. The van der Waals surface area contributed by atoms with Crippen molar-refractivity contribution in [1.29, 1.82) is 0 Å². The summed E-state index contributed by atoms with van der Waals surface area (Å²) in [6.07, 6.45) is 4.24. The van der Waals surface area contributed by atoms with Crippen molar-refractivity contribution < 1.29 is 14.0 Å². The molecule has 0 unspecified atom stereocenters. The van der Waals surface area contributed by atoms with E-state index < -0.39 is 5.92 Å². The average Bonchev–Trinajstić information content (AvgIpc) is 3.29. The fourth-order valence-corrected chi connectivity index (χ4v) is 5.67. The quantitative estimate of drug-likeness (QED) is 0.484. The monoisotopic (exact) mass is 512 g/mol. The van der Waals surface area contributed by atoms with E-state index in [2.05, 4.69) is 22.5 Å². The summed E-state index contributed by atoms with van der Waals surface area (Å²) in [6, 6.07) is 19.7. The van der Waals surface area contributed by atoms with Crippen molar-refractivity contribution in [2.45, 2.75) is 51.0 Å². The molecule has 7 nitrogen and oxygen atoms in total. The molecule has 5 rings (SSSR count). The molecule has 1 saturated heterocycles. The van der Waals surface area contributed by atoms with Gasteiger partial charge in [-0.05, 0) is 63.9 Å². The topological polar surface area (TPSA) is 78.2 Å². The summed E-state index contributed by atoms with van der Waals surface area (Å²) in [5, 5.41) is 4.60. The summed E-state index contributed by atoms with van der Waals surface area (Å²) in [5.41, 5.74) is 7.10. The number of rotatable bonds is 6. The Morgan fingerprint density at radius 3 is 2.21 bits per heavy atom. The molecular formula is C31H36N4O3. The molecule has 3 aromatic rings. The summed E-state index contributed by atoms with van der Waals surface area (Å²) in [7, 11) is 3.99. The van der Waals surface area contributed by atoms with Gasteiger partial charge in [-0.15, -0.1) is 0 Å². The summed E-state index contributed by atoms with van der Waals surface area (Å²) in [6.45, 7) is 3.90. The molecular weight excluding hydrogens is 476 g/mol. The Balaban J connectivity index is 1.38. The normalized spacial score (nSPS) is 17.4. The molecule has 0 saturated carbocycles. The number of fused-ring (bicyclic) bond motifs is 1. The van der Waals surface area contributed by atoms with Crippen LogP contribution in [0.1, 0.15) is 70.2 Å². The van der Waals surface area contributed by atoms with E-state index in [1.54, 1.807) is 0 Å². The van der Waals surface area contributed by atoms with Crippen LogP contribution in [0.2, 0.25) is 0 Å². The van der Waals surface area contributed by atoms with Crippen LogP contribution in [0.25, 0.3) is 0 Å². The minimum Gasteiger partial charge on any atom is -0.455 e. The number of likely N-dealkylation sites (tertiary alicyclic amines) is 1. The first kappa shape index (κ1) is 25.9. The number of carbonyl (C=O) groups excluding carboxylic acids is 2. The minimum atomic E-state index is -0.476. The van der Waals surface area contributed by atoms with Gasteiger partial charge in [-0.1, -0.05) is 60.7 Å². The number of benzene rings is 2. The van der Waals surface area contributed by atoms with Crippen LogP contribution < -0.4 is 5.43 Å². The van der Waals surface area contributed by atoms with Crippen molar-refractivity contribution >= 4 is 17.5 Å². The maximum absolute atomic E-state index is 13.5. The molecule has 38 heavy (non-hydrogen) atoms. The van der Waals surface area contributed by atoms with Crippen molar-refractivity contribution in [1.82, 2.24) is 15.2 Å². The molecule has 0 spiro atoms. The first-order chi connectivity index (χ1) is 18.4. The predicted octanol–water partition coefficient (Wildman–Crippen LogP) is 4.74. The highest BCUT2D eigenvalue weighted by Gasteiger charge is 2.32. The van der Waals surface area contributed by atoms with E-state index in [9.17, 15) is 9.59 Å². The molecule has 1 aromatic heterocycles. The highest BCUT2D eigenvalue weighted by atomic mass is 16.4. The molecule has 0 atom stereocenters. The number of piperidine rings is 1. The second kappa shape index (κ2) is 11.4. The van der Waals surface area contributed by atoms with Crippen molar-refractivity contribution in [3.63, 3.8) is 0 Å². The Morgan fingerprint density at radius 1 is 1.00 bits per heavy atom. The molecule has 198 valence electrons. The summed E-state index contributed by atoms with van der Waals surface area (Å²) in [4.78, 5) is 31.1. The van der Waals surface area contributed by atoms with Gasteiger partial charge in [0.1, 0.15) is 5.76 Å². The Hall–Kier alpha value is -3.71. The first-order valence-corrected chi connectivity index (χ1v) is 13.5. The Morgan fingerprint density at radius 2 is 1.61 bits per heavy atom. The fraction of sp³-hybridized carbons (Fsp3) is 0.387. The first-order valence-electron chi connectivity index (χ1n) is 13.5. The fourth-order valence-electron chi connectivity index (χ4n) is 5.67. The van der Waals surface area contributed by atoms with Crippen LogP contribution in [0, 0.1) is 6.92 Å². The number of aryl methyl sites for hydroxylation is 1. The van der Waals surface area contributed by atoms with E-state index in [1.165, 1.54) is 0 Å². The highest BCUT2D eigenvalue weighted by molar-refractivity contribution is 6.07. The molecule has 2 amide bonds. The molecule has 1 aliphatic carbocycles. The van der Waals surface area contributed by atoms with Gasteiger partial charge >= 0.3 is 0 Å². The summed E-state index contributed by atoms with van der Waals surface area (Å²) < 4.78 is 6.16. The molecule has 2 aliphatic rings. The van der Waals surface area contributed by atoms with E-state index >= 15 is 0 Å². The SMILES string of the molecule is Cc1c(C(=O)N(C)C2CCN(C)CC2)oc2c1/C(=N/NC(=O)C(c1ccccc1)c1ccccc1)CCC2. The number of hydrogen-bond donors (Lipinski definition) is 1. The lowest BCUT2D eigenvalue weighted by atomic mass is 9.90. The third kappa shape index (κ3) is 5.29. The van der Waals surface area contributed by atoms with Gasteiger partial charge in [-0.3, -0.25) is 9.59 Å². The Kier molecular flexibility index (Phi) is 7.74. The van der Waals surface area contributed by atoms with Crippen molar-refractivity contribution in [2.24, 2.45) is 5.10 Å². The molecule has 7 heteroatoms. The maximum atomic E-state index is 13.5. The number of hydrazone groups is 1. The Bertz CT molecular complexity index is 1270. The standard InChI is InChI=1S/C31H36N4O3/c1-21-27-25(32-33-30(36)28(22-11-6-4-7-12-22)23-13-8-5-9-14-23)15-10-16-26(27)38-29(21)31(37)35(3)24-17-19-34(2)20-18-24/h4-9,11-14,24,28H,10,15-20H2,1-3H3,(H,33,36)/b32-25+. The predicted molar refractivity (Wildman–Crippen MR) is 148 cm³/mol. The van der Waals surface area contributed by atoms with Crippen LogP contribution in [0.5, 0.6) is 0 Å². The van der Waals surface area contributed by atoms with Crippen LogP contribution in [0.4, 0.5) is 0 Å². The zero-order chi connectivity index (χ0) is 26.6. The van der Waals surface area contributed by atoms with Crippen LogP contribution in [-0.2, 0) is 11.2 Å². The van der Waals surface area contributed by atoms with Crippen molar-refractivity contribution in [2.75, 3.05) is 27.2 Å². The third-order valence-electron chi connectivity index (χ3n) is 7.91. The van der Waals surface area contributed by atoms with Gasteiger partial charge in [0.25, 0.3) is 11.8 Å². The second-order valence-corrected chi connectivity index (χ2v) is 10.4. The minimum absolute atomic E-state index is 0.0805. The zero-order valence-corrected chi connectivity index (χ0v) is 22.4. The van der Waals surface area contributed by atoms with Gasteiger partial charge in [0.15, 0.2) is 5.76 Å². The van der Waals surface area contributed by atoms with Gasteiger partial charge < -0.3 is 14.2 Å². The number of nitrogens with one attached hydrogen (secondary N) is 1. The third-order valence-corrected chi connectivity index (χ3v) is 7.91. The number of furan rings is 1. The number of amides is 2. The largest absolute Gasteiger partial charge is 0.455 e. The van der Waals surface area contributed by atoms with Crippen LogP contribution in [-0.4, -0.2) is 60.6 Å². The molecule has 0 radical (unpaired) electrons.